The van der Waals surface area contributed by atoms with Gasteiger partial charge in [-0.25, -0.2) is 0 Å². The van der Waals surface area contributed by atoms with E-state index in [9.17, 15) is 0 Å². The summed E-state index contributed by atoms with van der Waals surface area (Å²) < 4.78 is 0. The smallest absolute Gasteiger partial charge is 0.246 e. The number of hydrogen-bond acceptors (Lipinski definition) is 1. The third kappa shape index (κ3) is 5.20. The summed E-state index contributed by atoms with van der Waals surface area (Å²) in [5.41, 5.74) is 14.9. The van der Waals surface area contributed by atoms with Crippen LogP contribution in [0.5, 0.6) is 0 Å². The molecule has 0 fully saturated rings. The van der Waals surface area contributed by atoms with Crippen molar-refractivity contribution in [2.75, 3.05) is 4.90 Å². The molecule has 218 valence electrons. The molecule has 2 aliphatic rings. The molecule has 1 nitrogen and oxygen atoms in total. The van der Waals surface area contributed by atoms with Gasteiger partial charge in [-0.2, -0.15) is 0 Å². The van der Waals surface area contributed by atoms with Gasteiger partial charge >= 0.3 is 0 Å². The summed E-state index contributed by atoms with van der Waals surface area (Å²) in [6, 6.07) is 34.5. The molecular formula is C41H46BN. The average Bonchev–Trinajstić information content (AvgIpc) is 2.97. The number of para-hydroxylation sites is 1. The van der Waals surface area contributed by atoms with E-state index in [2.05, 4.69) is 170 Å². The van der Waals surface area contributed by atoms with Crippen LogP contribution >= 0.6 is 0 Å². The maximum absolute atomic E-state index is 2.62. The van der Waals surface area contributed by atoms with Crippen molar-refractivity contribution < 1.29 is 0 Å². The zero-order valence-corrected chi connectivity index (χ0v) is 27.5. The van der Waals surface area contributed by atoms with E-state index in [4.69, 9.17) is 0 Å². The Morgan fingerprint density at radius 3 is 2.00 bits per heavy atom. The standard InChI is InChI=1S/C41H46BN/c1-27-21-23-35-39(29(27)3)43(37-20-13-12-19-34(37)33-18-11-10-15-28(33)2)38-24-22-31(41(7,8)9)26-36(38)42(35)32-17-14-16-30(25-32)40(4,5)6/h10-27,29H,1-9H3. The Morgan fingerprint density at radius 1 is 0.651 bits per heavy atom. The minimum absolute atomic E-state index is 0.0512. The fraction of sp³-hybridized carbons (Fsp3) is 0.317. The van der Waals surface area contributed by atoms with Gasteiger partial charge in [-0.3, -0.25) is 0 Å². The average molecular weight is 564 g/mol. The third-order valence-electron chi connectivity index (χ3n) is 9.76. The molecule has 1 aliphatic heterocycles. The second-order valence-electron chi connectivity index (χ2n) is 14.8. The maximum atomic E-state index is 2.62. The molecule has 0 radical (unpaired) electrons. The molecule has 0 amide bonds. The Labute approximate surface area is 260 Å². The lowest BCUT2D eigenvalue weighted by molar-refractivity contribution is 0.513. The molecule has 2 unspecified atom stereocenters. The van der Waals surface area contributed by atoms with Gasteiger partial charge in [-0.15, -0.1) is 0 Å². The van der Waals surface area contributed by atoms with E-state index < -0.39 is 0 Å². The Kier molecular flexibility index (Phi) is 7.32. The van der Waals surface area contributed by atoms with Gasteiger partial charge in [0.05, 0.1) is 5.69 Å². The number of fused-ring (bicyclic) bond motifs is 1. The molecule has 1 heterocycles. The molecule has 6 rings (SSSR count). The fourth-order valence-corrected chi connectivity index (χ4v) is 6.92. The quantitative estimate of drug-likeness (QED) is 0.224. The number of hydrogen-bond donors (Lipinski definition) is 0. The first-order valence-electron chi connectivity index (χ1n) is 16.0. The molecule has 1 aliphatic carbocycles. The highest BCUT2D eigenvalue weighted by atomic mass is 15.2. The van der Waals surface area contributed by atoms with Crippen molar-refractivity contribution in [2.45, 2.75) is 73.1 Å². The van der Waals surface area contributed by atoms with Crippen molar-refractivity contribution >= 4 is 29.0 Å². The summed E-state index contributed by atoms with van der Waals surface area (Å²) in [6.45, 7) is 21.1. The SMILES string of the molecule is Cc1ccccc1-c1ccccc1N1C2=C(C=CC(C)C2C)B(c2cccc(C(C)(C)C)c2)c2cc(C(C)(C)C)ccc21. The first-order chi connectivity index (χ1) is 20.4. The Balaban J connectivity index is 1.69. The highest BCUT2D eigenvalue weighted by Crippen LogP contribution is 2.46. The highest BCUT2D eigenvalue weighted by molar-refractivity contribution is 6.93. The molecule has 2 heteroatoms. The first kappa shape index (κ1) is 29.3. The van der Waals surface area contributed by atoms with E-state index in [1.807, 2.05) is 0 Å². The van der Waals surface area contributed by atoms with E-state index in [1.165, 1.54) is 61.3 Å². The summed E-state index contributed by atoms with van der Waals surface area (Å²) in [4.78, 5) is 2.62. The van der Waals surface area contributed by atoms with Gasteiger partial charge in [0.1, 0.15) is 0 Å². The van der Waals surface area contributed by atoms with Crippen molar-refractivity contribution in [1.82, 2.24) is 0 Å². The molecule has 0 N–H and O–H groups in total. The van der Waals surface area contributed by atoms with Crippen LogP contribution in [-0.4, -0.2) is 6.71 Å². The predicted molar refractivity (Wildman–Crippen MR) is 189 cm³/mol. The minimum Gasteiger partial charge on any atom is -0.314 e. The third-order valence-corrected chi connectivity index (χ3v) is 9.76. The Morgan fingerprint density at radius 2 is 1.30 bits per heavy atom. The van der Waals surface area contributed by atoms with E-state index in [-0.39, 0.29) is 17.5 Å². The van der Waals surface area contributed by atoms with Crippen LogP contribution < -0.4 is 15.8 Å². The highest BCUT2D eigenvalue weighted by Gasteiger charge is 2.41. The number of allylic oxidation sites excluding steroid dienone is 4. The van der Waals surface area contributed by atoms with Gasteiger partial charge in [-0.1, -0.05) is 152 Å². The predicted octanol–water partition coefficient (Wildman–Crippen LogP) is 9.65. The monoisotopic (exact) mass is 563 g/mol. The van der Waals surface area contributed by atoms with Crippen molar-refractivity contribution in [2.24, 2.45) is 11.8 Å². The van der Waals surface area contributed by atoms with Crippen LogP contribution in [0.15, 0.2) is 114 Å². The van der Waals surface area contributed by atoms with Crippen LogP contribution in [0.2, 0.25) is 0 Å². The van der Waals surface area contributed by atoms with E-state index in [0.29, 0.717) is 11.8 Å². The van der Waals surface area contributed by atoms with Gasteiger partial charge in [0, 0.05) is 22.9 Å². The normalized spacial score (nSPS) is 18.5. The van der Waals surface area contributed by atoms with E-state index in [1.54, 1.807) is 0 Å². The molecule has 2 atom stereocenters. The molecule has 0 saturated heterocycles. The summed E-state index contributed by atoms with van der Waals surface area (Å²) in [6.07, 6.45) is 4.89. The topological polar surface area (TPSA) is 3.24 Å². The zero-order chi connectivity index (χ0) is 30.7. The number of rotatable bonds is 3. The molecule has 0 bridgehead atoms. The van der Waals surface area contributed by atoms with Gasteiger partial charge in [0.15, 0.2) is 0 Å². The van der Waals surface area contributed by atoms with Crippen molar-refractivity contribution in [1.29, 1.82) is 0 Å². The van der Waals surface area contributed by atoms with Gasteiger partial charge < -0.3 is 4.90 Å². The zero-order valence-electron chi connectivity index (χ0n) is 27.5. The Bertz CT molecular complexity index is 1740. The lowest BCUT2D eigenvalue weighted by atomic mass is 9.33. The number of benzene rings is 4. The Hall–Kier alpha value is -3.78. The van der Waals surface area contributed by atoms with E-state index in [0.717, 1.165) is 0 Å². The second-order valence-corrected chi connectivity index (χ2v) is 14.8. The van der Waals surface area contributed by atoms with Gasteiger partial charge in [-0.05, 0) is 69.0 Å². The lowest BCUT2D eigenvalue weighted by Gasteiger charge is -2.44. The molecule has 43 heavy (non-hydrogen) atoms. The van der Waals surface area contributed by atoms with Crippen LogP contribution in [0.1, 0.15) is 72.1 Å². The molecular weight excluding hydrogens is 517 g/mol. The molecule has 4 aromatic rings. The second kappa shape index (κ2) is 10.7. The molecule has 0 saturated carbocycles. The van der Waals surface area contributed by atoms with E-state index >= 15 is 0 Å². The summed E-state index contributed by atoms with van der Waals surface area (Å²) in [7, 11) is 0. The number of nitrogens with zero attached hydrogens (tertiary/aromatic N) is 1. The summed E-state index contributed by atoms with van der Waals surface area (Å²) in [5, 5.41) is 0. The van der Waals surface area contributed by atoms with Crippen molar-refractivity contribution in [3.05, 3.63) is 131 Å². The van der Waals surface area contributed by atoms with Gasteiger partial charge in [0.2, 0.25) is 6.71 Å². The molecule has 0 aromatic heterocycles. The maximum Gasteiger partial charge on any atom is 0.246 e. The van der Waals surface area contributed by atoms with Crippen molar-refractivity contribution in [3.8, 4) is 11.1 Å². The lowest BCUT2D eigenvalue weighted by Crippen LogP contribution is -2.52. The van der Waals surface area contributed by atoms with Crippen LogP contribution in [0, 0.1) is 18.8 Å². The minimum atomic E-state index is 0.0512. The van der Waals surface area contributed by atoms with Crippen molar-refractivity contribution in [3.63, 3.8) is 0 Å². The fourth-order valence-electron chi connectivity index (χ4n) is 6.92. The summed E-state index contributed by atoms with van der Waals surface area (Å²) in [5.74, 6) is 0.817. The number of anilines is 2. The molecule has 0 spiro atoms. The first-order valence-corrected chi connectivity index (χ1v) is 16.0. The summed E-state index contributed by atoms with van der Waals surface area (Å²) >= 11 is 0. The van der Waals surface area contributed by atoms with Crippen LogP contribution in [0.4, 0.5) is 11.4 Å². The van der Waals surface area contributed by atoms with Gasteiger partial charge in [0.25, 0.3) is 0 Å². The largest absolute Gasteiger partial charge is 0.314 e. The molecule has 4 aromatic carbocycles. The van der Waals surface area contributed by atoms with Crippen LogP contribution in [0.25, 0.3) is 11.1 Å². The van der Waals surface area contributed by atoms with Crippen LogP contribution in [-0.2, 0) is 10.8 Å². The number of aryl methyl sites for hydroxylation is 1. The van der Waals surface area contributed by atoms with Crippen LogP contribution in [0.3, 0.4) is 0 Å².